The Hall–Kier alpha value is -2.02. The summed E-state index contributed by atoms with van der Waals surface area (Å²) in [6.45, 7) is 0.634. The molecule has 1 saturated heterocycles. The number of primary amides is 2. The van der Waals surface area contributed by atoms with Crippen LogP contribution in [0.25, 0.3) is 11.0 Å². The van der Waals surface area contributed by atoms with Gasteiger partial charge in [-0.15, -0.1) is 0 Å². The lowest BCUT2D eigenvalue weighted by Crippen LogP contribution is -2.41. The number of rotatable bonds is 3. The lowest BCUT2D eigenvalue weighted by Gasteiger charge is -2.24. The van der Waals surface area contributed by atoms with Crippen molar-refractivity contribution in [1.82, 2.24) is 0 Å². The van der Waals surface area contributed by atoms with E-state index in [9.17, 15) is 9.59 Å². The Morgan fingerprint density at radius 2 is 2.10 bits per heavy atom. The van der Waals surface area contributed by atoms with Crippen LogP contribution in [-0.2, 0) is 4.79 Å². The summed E-state index contributed by atoms with van der Waals surface area (Å²) in [4.78, 5) is 25.1. The Morgan fingerprint density at radius 3 is 2.76 bits per heavy atom. The number of hydrogen-bond donors (Lipinski definition) is 2. The van der Waals surface area contributed by atoms with Gasteiger partial charge in [0.1, 0.15) is 11.6 Å². The Balaban J connectivity index is 2.23. The van der Waals surface area contributed by atoms with Crippen molar-refractivity contribution in [3.05, 3.63) is 28.4 Å². The third kappa shape index (κ3) is 2.27. The Labute approximate surface area is 129 Å². The standard InChI is InChI=1S/C14H14BrN3O3/c15-7-3-4-10-8(6-7)11(12(21-10)14(17)20)18-5-1-2-9(18)13(16)19/h3-4,6,9H,1-2,5H2,(H2,16,19)(H2,17,20)/t9-/m0/s1. The molecule has 0 radical (unpaired) electrons. The summed E-state index contributed by atoms with van der Waals surface area (Å²) < 4.78 is 6.42. The molecule has 2 aromatic rings. The third-order valence-electron chi connectivity index (χ3n) is 3.72. The molecule has 4 N–H and O–H groups in total. The van der Waals surface area contributed by atoms with E-state index in [1.165, 1.54) is 0 Å². The summed E-state index contributed by atoms with van der Waals surface area (Å²) in [5, 5.41) is 0.742. The summed E-state index contributed by atoms with van der Waals surface area (Å²) >= 11 is 3.40. The topological polar surface area (TPSA) is 103 Å². The number of furan rings is 1. The highest BCUT2D eigenvalue weighted by atomic mass is 79.9. The van der Waals surface area contributed by atoms with Crippen LogP contribution in [0.5, 0.6) is 0 Å². The lowest BCUT2D eigenvalue weighted by molar-refractivity contribution is -0.119. The highest BCUT2D eigenvalue weighted by Gasteiger charge is 2.34. The maximum absolute atomic E-state index is 11.7. The number of hydrogen-bond acceptors (Lipinski definition) is 4. The van der Waals surface area contributed by atoms with E-state index in [2.05, 4.69) is 15.9 Å². The molecule has 1 aliphatic rings. The maximum Gasteiger partial charge on any atom is 0.286 e. The van der Waals surface area contributed by atoms with Gasteiger partial charge in [-0.3, -0.25) is 9.59 Å². The fraction of sp³-hybridized carbons (Fsp3) is 0.286. The average molecular weight is 352 g/mol. The van der Waals surface area contributed by atoms with Crippen LogP contribution in [0.15, 0.2) is 27.1 Å². The predicted molar refractivity (Wildman–Crippen MR) is 82.0 cm³/mol. The molecular weight excluding hydrogens is 338 g/mol. The molecule has 1 aromatic carbocycles. The molecule has 1 atom stereocenters. The van der Waals surface area contributed by atoms with E-state index >= 15 is 0 Å². The Morgan fingerprint density at radius 1 is 1.33 bits per heavy atom. The molecule has 1 aliphatic heterocycles. The van der Waals surface area contributed by atoms with E-state index in [-0.39, 0.29) is 5.76 Å². The fourth-order valence-electron chi connectivity index (χ4n) is 2.84. The van der Waals surface area contributed by atoms with Gasteiger partial charge in [0.15, 0.2) is 0 Å². The van der Waals surface area contributed by atoms with E-state index in [1.54, 1.807) is 6.07 Å². The molecule has 0 aliphatic carbocycles. The Bertz CT molecular complexity index is 740. The van der Waals surface area contributed by atoms with E-state index in [0.717, 1.165) is 16.3 Å². The van der Waals surface area contributed by atoms with E-state index < -0.39 is 17.9 Å². The van der Waals surface area contributed by atoms with Gasteiger partial charge in [0.25, 0.3) is 5.91 Å². The predicted octanol–water partition coefficient (Wildman–Crippen LogP) is 1.75. The van der Waals surface area contributed by atoms with Gasteiger partial charge >= 0.3 is 0 Å². The van der Waals surface area contributed by atoms with Gasteiger partial charge in [0.2, 0.25) is 11.7 Å². The first-order valence-corrected chi connectivity index (χ1v) is 7.36. The Kier molecular flexibility index (Phi) is 3.36. The summed E-state index contributed by atoms with van der Waals surface area (Å²) in [7, 11) is 0. The number of fused-ring (bicyclic) bond motifs is 1. The van der Waals surface area contributed by atoms with Crippen molar-refractivity contribution in [2.24, 2.45) is 11.5 Å². The maximum atomic E-state index is 11.7. The van der Waals surface area contributed by atoms with E-state index in [1.807, 2.05) is 17.0 Å². The van der Waals surface area contributed by atoms with Gasteiger partial charge in [-0.25, -0.2) is 0 Å². The first kappa shape index (κ1) is 13.9. The van der Waals surface area contributed by atoms with Crippen LogP contribution >= 0.6 is 15.9 Å². The minimum Gasteiger partial charge on any atom is -0.449 e. The lowest BCUT2D eigenvalue weighted by atomic mass is 10.1. The zero-order chi connectivity index (χ0) is 15.1. The molecule has 2 amide bonds. The van der Waals surface area contributed by atoms with Crippen LogP contribution < -0.4 is 16.4 Å². The highest BCUT2D eigenvalue weighted by Crippen LogP contribution is 2.38. The second-order valence-electron chi connectivity index (χ2n) is 5.04. The van der Waals surface area contributed by atoms with Gasteiger partial charge in [0, 0.05) is 16.4 Å². The van der Waals surface area contributed by atoms with Crippen molar-refractivity contribution < 1.29 is 14.0 Å². The van der Waals surface area contributed by atoms with Crippen molar-refractivity contribution in [2.45, 2.75) is 18.9 Å². The number of halogens is 1. The molecule has 1 aromatic heterocycles. The normalized spacial score (nSPS) is 18.3. The molecule has 0 unspecified atom stereocenters. The van der Waals surface area contributed by atoms with Crippen LogP contribution in [-0.4, -0.2) is 24.4 Å². The smallest absolute Gasteiger partial charge is 0.286 e. The molecule has 2 heterocycles. The summed E-state index contributed by atoms with van der Waals surface area (Å²) in [5.41, 5.74) is 12.0. The summed E-state index contributed by atoms with van der Waals surface area (Å²) in [6.07, 6.45) is 1.49. The van der Waals surface area contributed by atoms with Crippen LogP contribution in [0.2, 0.25) is 0 Å². The van der Waals surface area contributed by atoms with Gasteiger partial charge in [-0.05, 0) is 31.0 Å². The SMILES string of the molecule is NC(=O)c1oc2ccc(Br)cc2c1N1CCC[C@H]1C(N)=O. The van der Waals surface area contributed by atoms with Gasteiger partial charge in [-0.2, -0.15) is 0 Å². The summed E-state index contributed by atoms with van der Waals surface area (Å²) in [6, 6.07) is 4.97. The number of anilines is 1. The molecule has 1 fully saturated rings. The van der Waals surface area contributed by atoms with Crippen molar-refractivity contribution in [3.8, 4) is 0 Å². The third-order valence-corrected chi connectivity index (χ3v) is 4.21. The minimum atomic E-state index is -0.660. The minimum absolute atomic E-state index is 0.0660. The highest BCUT2D eigenvalue weighted by molar-refractivity contribution is 9.10. The van der Waals surface area contributed by atoms with E-state index in [0.29, 0.717) is 24.2 Å². The quantitative estimate of drug-likeness (QED) is 0.878. The number of nitrogens with two attached hydrogens (primary N) is 2. The molecule has 0 bridgehead atoms. The van der Waals surface area contributed by atoms with Crippen LogP contribution in [0, 0.1) is 0 Å². The molecule has 6 nitrogen and oxygen atoms in total. The number of amides is 2. The first-order chi connectivity index (χ1) is 9.99. The van der Waals surface area contributed by atoms with Crippen molar-refractivity contribution in [1.29, 1.82) is 0 Å². The average Bonchev–Trinajstić information content (AvgIpc) is 3.00. The fourth-order valence-corrected chi connectivity index (χ4v) is 3.20. The van der Waals surface area contributed by atoms with Crippen molar-refractivity contribution >= 4 is 44.4 Å². The van der Waals surface area contributed by atoms with Crippen molar-refractivity contribution in [3.63, 3.8) is 0 Å². The number of nitrogens with zero attached hydrogens (tertiary/aromatic N) is 1. The van der Waals surface area contributed by atoms with Crippen LogP contribution in [0.4, 0.5) is 5.69 Å². The first-order valence-electron chi connectivity index (χ1n) is 6.57. The zero-order valence-electron chi connectivity index (χ0n) is 11.1. The molecule has 0 spiro atoms. The largest absolute Gasteiger partial charge is 0.449 e. The molecule has 21 heavy (non-hydrogen) atoms. The van der Waals surface area contributed by atoms with Crippen molar-refractivity contribution in [2.75, 3.05) is 11.4 Å². The molecular formula is C14H14BrN3O3. The van der Waals surface area contributed by atoms with Gasteiger partial charge in [-0.1, -0.05) is 15.9 Å². The zero-order valence-corrected chi connectivity index (χ0v) is 12.7. The second kappa shape index (κ2) is 5.07. The molecule has 7 heteroatoms. The molecule has 110 valence electrons. The summed E-state index contributed by atoms with van der Waals surface area (Å²) in [5.74, 6) is -1.00. The second-order valence-corrected chi connectivity index (χ2v) is 5.95. The number of carbonyl (C=O) groups excluding carboxylic acids is 2. The van der Waals surface area contributed by atoms with Crippen LogP contribution in [0.3, 0.4) is 0 Å². The number of carbonyl (C=O) groups is 2. The van der Waals surface area contributed by atoms with E-state index in [4.69, 9.17) is 15.9 Å². The number of benzene rings is 1. The van der Waals surface area contributed by atoms with Crippen LogP contribution in [0.1, 0.15) is 23.4 Å². The molecule has 3 rings (SSSR count). The van der Waals surface area contributed by atoms with Gasteiger partial charge in [0.05, 0.1) is 5.69 Å². The molecule has 0 saturated carbocycles. The van der Waals surface area contributed by atoms with Gasteiger partial charge < -0.3 is 20.8 Å². The monoisotopic (exact) mass is 351 g/mol.